The number of H-pyrrole nitrogens is 1. The second kappa shape index (κ2) is 3.86. The number of carbonyl (C=O) groups excluding carboxylic acids is 1. The first-order valence-corrected chi connectivity index (χ1v) is 5.42. The third-order valence-electron chi connectivity index (χ3n) is 2.83. The van der Waals surface area contributed by atoms with Crippen molar-refractivity contribution in [1.82, 2.24) is 25.4 Å². The van der Waals surface area contributed by atoms with Gasteiger partial charge in [-0.1, -0.05) is 0 Å². The summed E-state index contributed by atoms with van der Waals surface area (Å²) in [6.07, 6.45) is 0. The average Bonchev–Trinajstić information content (AvgIpc) is 2.63. The molecular formula is C10H17N5O. The zero-order valence-corrected chi connectivity index (χ0v) is 9.87. The first kappa shape index (κ1) is 11.1. The van der Waals surface area contributed by atoms with Gasteiger partial charge in [-0.3, -0.25) is 9.89 Å². The van der Waals surface area contributed by atoms with E-state index in [0.717, 1.165) is 13.1 Å². The van der Waals surface area contributed by atoms with E-state index < -0.39 is 0 Å². The first-order valence-electron chi connectivity index (χ1n) is 5.42. The molecule has 1 aliphatic rings. The Balaban J connectivity index is 2.20. The number of hydrogen-bond donors (Lipinski definition) is 2. The summed E-state index contributed by atoms with van der Waals surface area (Å²) in [7, 11) is 0. The van der Waals surface area contributed by atoms with E-state index in [4.69, 9.17) is 0 Å². The molecule has 0 radical (unpaired) electrons. The maximum absolute atomic E-state index is 12.2. The topological polar surface area (TPSA) is 73.9 Å². The fourth-order valence-electron chi connectivity index (χ4n) is 1.92. The Kier molecular flexibility index (Phi) is 2.67. The number of piperazine rings is 1. The zero-order valence-electron chi connectivity index (χ0n) is 9.87. The fourth-order valence-corrected chi connectivity index (χ4v) is 1.92. The van der Waals surface area contributed by atoms with Gasteiger partial charge in [0, 0.05) is 19.6 Å². The second-order valence-corrected chi connectivity index (χ2v) is 4.69. The predicted molar refractivity (Wildman–Crippen MR) is 59.1 cm³/mol. The van der Waals surface area contributed by atoms with E-state index in [-0.39, 0.29) is 17.3 Å². The van der Waals surface area contributed by atoms with Crippen molar-refractivity contribution in [3.8, 4) is 0 Å². The van der Waals surface area contributed by atoms with Crippen molar-refractivity contribution in [1.29, 1.82) is 0 Å². The molecule has 0 bridgehead atoms. The van der Waals surface area contributed by atoms with Gasteiger partial charge in [-0.2, -0.15) is 0 Å². The second-order valence-electron chi connectivity index (χ2n) is 4.69. The minimum atomic E-state index is -0.191. The minimum Gasteiger partial charge on any atom is -0.328 e. The first-order chi connectivity index (χ1) is 7.50. The molecule has 0 saturated carbocycles. The van der Waals surface area contributed by atoms with Crippen LogP contribution in [0.4, 0.5) is 0 Å². The highest BCUT2D eigenvalue weighted by molar-refractivity contribution is 5.91. The number of rotatable bonds is 1. The highest BCUT2D eigenvalue weighted by atomic mass is 16.2. The molecule has 88 valence electrons. The summed E-state index contributed by atoms with van der Waals surface area (Å²) in [6.45, 7) is 8.17. The third kappa shape index (κ3) is 1.92. The summed E-state index contributed by atoms with van der Waals surface area (Å²) in [5.74, 6) is 0.819. The lowest BCUT2D eigenvalue weighted by atomic mass is 10.00. The Bertz CT molecular complexity index is 398. The van der Waals surface area contributed by atoms with Crippen LogP contribution in [0.3, 0.4) is 0 Å². The summed E-state index contributed by atoms with van der Waals surface area (Å²) in [6, 6.07) is 0. The Morgan fingerprint density at radius 3 is 2.81 bits per heavy atom. The van der Waals surface area contributed by atoms with E-state index in [0.29, 0.717) is 12.4 Å². The number of nitrogens with zero attached hydrogens (tertiary/aromatic N) is 3. The van der Waals surface area contributed by atoms with Crippen LogP contribution in [0.5, 0.6) is 0 Å². The van der Waals surface area contributed by atoms with Crippen molar-refractivity contribution < 1.29 is 4.79 Å². The summed E-state index contributed by atoms with van der Waals surface area (Å²) in [5.41, 5.74) is -0.191. The van der Waals surface area contributed by atoms with Gasteiger partial charge in [-0.05, 0) is 20.8 Å². The molecular weight excluding hydrogens is 206 g/mol. The molecule has 1 fully saturated rings. The number of aromatic nitrogens is 3. The molecule has 1 aliphatic heterocycles. The van der Waals surface area contributed by atoms with E-state index in [9.17, 15) is 4.79 Å². The maximum Gasteiger partial charge on any atom is 0.294 e. The lowest BCUT2D eigenvalue weighted by Crippen LogP contribution is -2.60. The minimum absolute atomic E-state index is 0.101. The van der Waals surface area contributed by atoms with Crippen molar-refractivity contribution in [2.45, 2.75) is 26.3 Å². The summed E-state index contributed by atoms with van der Waals surface area (Å²) in [5, 5.41) is 9.87. The van der Waals surface area contributed by atoms with E-state index >= 15 is 0 Å². The number of amides is 1. The van der Waals surface area contributed by atoms with Gasteiger partial charge < -0.3 is 10.2 Å². The quantitative estimate of drug-likeness (QED) is 0.699. The predicted octanol–water partition coefficient (Wildman–Crippen LogP) is -0.0629. The van der Waals surface area contributed by atoms with E-state index in [2.05, 4.69) is 20.5 Å². The molecule has 0 atom stereocenters. The van der Waals surface area contributed by atoms with Gasteiger partial charge in [-0.25, -0.2) is 4.98 Å². The highest BCUT2D eigenvalue weighted by Crippen LogP contribution is 2.18. The van der Waals surface area contributed by atoms with Gasteiger partial charge in [0.15, 0.2) is 0 Å². The van der Waals surface area contributed by atoms with Crippen LogP contribution in [0.2, 0.25) is 0 Å². The lowest BCUT2D eigenvalue weighted by molar-refractivity contribution is 0.0465. The molecule has 0 unspecified atom stereocenters. The molecule has 1 aromatic heterocycles. The number of hydrogen-bond acceptors (Lipinski definition) is 4. The summed E-state index contributed by atoms with van der Waals surface area (Å²) < 4.78 is 0. The third-order valence-corrected chi connectivity index (χ3v) is 2.83. The molecule has 2 rings (SSSR count). The van der Waals surface area contributed by atoms with Crippen molar-refractivity contribution in [3.63, 3.8) is 0 Å². The molecule has 6 heteroatoms. The Morgan fingerprint density at radius 1 is 1.50 bits per heavy atom. The standard InChI is InChI=1S/C10H17N5O/c1-7-12-8(14-13-7)9(16)15-5-4-11-6-10(15,2)3/h11H,4-6H2,1-3H3,(H,12,13,14). The Hall–Kier alpha value is -1.43. The smallest absolute Gasteiger partial charge is 0.294 e. The van der Waals surface area contributed by atoms with E-state index in [1.54, 1.807) is 6.92 Å². The van der Waals surface area contributed by atoms with Gasteiger partial charge in [0.25, 0.3) is 5.91 Å². The molecule has 0 spiro atoms. The van der Waals surface area contributed by atoms with E-state index in [1.165, 1.54) is 0 Å². The Labute approximate surface area is 94.4 Å². The lowest BCUT2D eigenvalue weighted by Gasteiger charge is -2.42. The van der Waals surface area contributed by atoms with Gasteiger partial charge >= 0.3 is 0 Å². The van der Waals surface area contributed by atoms with Crippen LogP contribution in [-0.4, -0.2) is 51.2 Å². The summed E-state index contributed by atoms with van der Waals surface area (Å²) >= 11 is 0. The van der Waals surface area contributed by atoms with Gasteiger partial charge in [0.1, 0.15) is 5.82 Å². The average molecular weight is 223 g/mol. The molecule has 16 heavy (non-hydrogen) atoms. The van der Waals surface area contributed by atoms with Crippen molar-refractivity contribution in [2.24, 2.45) is 0 Å². The number of carbonyl (C=O) groups is 1. The monoisotopic (exact) mass is 223 g/mol. The van der Waals surface area contributed by atoms with Crippen LogP contribution in [0.1, 0.15) is 30.3 Å². The van der Waals surface area contributed by atoms with Crippen LogP contribution in [0.25, 0.3) is 0 Å². The number of nitrogens with one attached hydrogen (secondary N) is 2. The van der Waals surface area contributed by atoms with Crippen molar-refractivity contribution in [3.05, 3.63) is 11.6 Å². The SMILES string of the molecule is Cc1nc(C(=O)N2CCNCC2(C)C)n[nH]1. The number of aryl methyl sites for hydroxylation is 1. The Morgan fingerprint density at radius 2 is 2.25 bits per heavy atom. The largest absolute Gasteiger partial charge is 0.328 e. The van der Waals surface area contributed by atoms with Crippen LogP contribution in [0.15, 0.2) is 0 Å². The van der Waals surface area contributed by atoms with Crippen molar-refractivity contribution in [2.75, 3.05) is 19.6 Å². The molecule has 1 amide bonds. The number of aromatic amines is 1. The maximum atomic E-state index is 12.2. The molecule has 0 aromatic carbocycles. The van der Waals surface area contributed by atoms with Crippen LogP contribution in [-0.2, 0) is 0 Å². The zero-order chi connectivity index (χ0) is 11.8. The van der Waals surface area contributed by atoms with Gasteiger partial charge in [0.05, 0.1) is 5.54 Å². The van der Waals surface area contributed by atoms with Gasteiger partial charge in [-0.15, -0.1) is 5.10 Å². The highest BCUT2D eigenvalue weighted by Gasteiger charge is 2.35. The molecule has 1 aromatic rings. The van der Waals surface area contributed by atoms with Crippen LogP contribution < -0.4 is 5.32 Å². The van der Waals surface area contributed by atoms with Gasteiger partial charge in [0.2, 0.25) is 5.82 Å². The summed E-state index contributed by atoms with van der Waals surface area (Å²) in [4.78, 5) is 18.1. The molecule has 6 nitrogen and oxygen atoms in total. The van der Waals surface area contributed by atoms with Crippen LogP contribution >= 0.6 is 0 Å². The molecule has 2 heterocycles. The van der Waals surface area contributed by atoms with Crippen molar-refractivity contribution >= 4 is 5.91 Å². The van der Waals surface area contributed by atoms with Crippen LogP contribution in [0, 0.1) is 6.92 Å². The normalized spacial score (nSPS) is 19.8. The molecule has 0 aliphatic carbocycles. The fraction of sp³-hybridized carbons (Fsp3) is 0.700. The van der Waals surface area contributed by atoms with E-state index in [1.807, 2.05) is 18.7 Å². The molecule has 1 saturated heterocycles. The molecule has 2 N–H and O–H groups in total.